The summed E-state index contributed by atoms with van der Waals surface area (Å²) < 4.78 is 0. The summed E-state index contributed by atoms with van der Waals surface area (Å²) in [6.07, 6.45) is 2.07. The number of phenols is 1. The number of benzene rings is 1. The van der Waals surface area contributed by atoms with Crippen LogP contribution < -0.4 is 38.9 Å². The molecule has 0 bridgehead atoms. The number of aromatic hydroxyl groups is 1. The molecule has 0 heterocycles. The van der Waals surface area contributed by atoms with E-state index >= 15 is 0 Å². The van der Waals surface area contributed by atoms with Crippen molar-refractivity contribution < 1.29 is 29.4 Å². The van der Waals surface area contributed by atoms with Crippen LogP contribution in [0.5, 0.6) is 5.75 Å². The monoisotopic (exact) mass is 522 g/mol. The van der Waals surface area contributed by atoms with Crippen molar-refractivity contribution in [3.05, 3.63) is 29.8 Å². The van der Waals surface area contributed by atoms with Gasteiger partial charge in [-0.3, -0.25) is 19.4 Å². The Morgan fingerprint density at radius 1 is 0.919 bits per heavy atom. The zero-order chi connectivity index (χ0) is 27.8. The van der Waals surface area contributed by atoms with Crippen LogP contribution in [0.3, 0.4) is 0 Å². The van der Waals surface area contributed by atoms with Crippen molar-refractivity contribution in [3.63, 3.8) is 0 Å². The van der Waals surface area contributed by atoms with E-state index in [1.807, 2.05) is 0 Å². The summed E-state index contributed by atoms with van der Waals surface area (Å²) in [5.41, 5.74) is 22.4. The average Bonchev–Trinajstić information content (AvgIpc) is 2.85. The van der Waals surface area contributed by atoms with Gasteiger partial charge in [-0.15, -0.1) is 0 Å². The van der Waals surface area contributed by atoms with E-state index < -0.39 is 48.4 Å². The minimum Gasteiger partial charge on any atom is -0.508 e. The number of carboxylic acid groups (broad SMARTS) is 1. The van der Waals surface area contributed by atoms with Crippen LogP contribution in [0, 0.1) is 0 Å². The van der Waals surface area contributed by atoms with Gasteiger partial charge in [0, 0.05) is 13.0 Å². The molecule has 37 heavy (non-hydrogen) atoms. The van der Waals surface area contributed by atoms with Gasteiger partial charge in [-0.1, -0.05) is 12.1 Å². The Labute approximate surface area is 215 Å². The smallest absolute Gasteiger partial charge is 0.326 e. The van der Waals surface area contributed by atoms with Gasteiger partial charge in [0.1, 0.15) is 17.8 Å². The van der Waals surface area contributed by atoms with Crippen LogP contribution in [0.4, 0.5) is 0 Å². The fraction of sp³-hybridized carbons (Fsp3) is 0.522. The highest BCUT2D eigenvalue weighted by atomic mass is 16.4. The summed E-state index contributed by atoms with van der Waals surface area (Å²) in [4.78, 5) is 53.0. The predicted octanol–water partition coefficient (Wildman–Crippen LogP) is -2.38. The van der Waals surface area contributed by atoms with Crippen molar-refractivity contribution in [2.24, 2.45) is 27.9 Å². The molecule has 3 unspecified atom stereocenters. The Balaban J connectivity index is 2.69. The molecule has 1 rings (SSSR count). The lowest BCUT2D eigenvalue weighted by molar-refractivity contribution is -0.142. The number of carbonyl (C=O) groups is 4. The summed E-state index contributed by atoms with van der Waals surface area (Å²) in [5, 5.41) is 26.4. The van der Waals surface area contributed by atoms with Gasteiger partial charge in [0.25, 0.3) is 0 Å². The molecule has 0 aliphatic rings. The molecule has 3 amide bonds. The summed E-state index contributed by atoms with van der Waals surface area (Å²) in [6.45, 7) is 0.280. The third-order valence-corrected chi connectivity index (χ3v) is 5.32. The number of aliphatic carboxylic acids is 1. The van der Waals surface area contributed by atoms with Gasteiger partial charge in [0.15, 0.2) is 5.96 Å². The maximum atomic E-state index is 12.9. The van der Waals surface area contributed by atoms with Crippen molar-refractivity contribution in [1.29, 1.82) is 0 Å². The van der Waals surface area contributed by atoms with Crippen LogP contribution in [0.15, 0.2) is 29.3 Å². The Bertz CT molecular complexity index is 920. The Morgan fingerprint density at radius 3 is 2.19 bits per heavy atom. The van der Waals surface area contributed by atoms with Gasteiger partial charge in [0.2, 0.25) is 17.7 Å². The molecule has 1 aromatic carbocycles. The molecule has 0 aromatic heterocycles. The van der Waals surface area contributed by atoms with Gasteiger partial charge >= 0.3 is 5.97 Å². The number of nitrogens with one attached hydrogen (secondary N) is 3. The lowest BCUT2D eigenvalue weighted by atomic mass is 10.0. The van der Waals surface area contributed by atoms with Gasteiger partial charge in [-0.05, 0) is 56.3 Å². The Hall–Kier alpha value is -3.91. The minimum absolute atomic E-state index is 0.0258. The second-order valence-electron chi connectivity index (χ2n) is 8.45. The molecule has 0 fully saturated rings. The largest absolute Gasteiger partial charge is 0.508 e. The molecule has 13 N–H and O–H groups in total. The number of rotatable bonds is 17. The highest BCUT2D eigenvalue weighted by Gasteiger charge is 2.27. The van der Waals surface area contributed by atoms with Crippen molar-refractivity contribution in [2.45, 2.75) is 56.7 Å². The number of unbranched alkanes of at least 4 members (excludes halogenated alkanes) is 1. The molecule has 1 aromatic rings. The SMILES string of the molecule is NCCCCC(NC(=O)CNC(=O)C(N)CCCN=C(N)N)C(=O)NC(Cc1ccc(O)cc1)C(=O)O. The zero-order valence-electron chi connectivity index (χ0n) is 20.7. The number of carbonyl (C=O) groups excluding carboxylic acids is 3. The molecule has 3 atom stereocenters. The van der Waals surface area contributed by atoms with E-state index in [2.05, 4.69) is 20.9 Å². The minimum atomic E-state index is -1.26. The summed E-state index contributed by atoms with van der Waals surface area (Å²) >= 11 is 0. The van der Waals surface area contributed by atoms with Gasteiger partial charge < -0.3 is 49.1 Å². The molecule has 0 aliphatic carbocycles. The number of phenolic OH excluding ortho intramolecular Hbond substituents is 1. The van der Waals surface area contributed by atoms with Crippen LogP contribution in [0.25, 0.3) is 0 Å². The summed E-state index contributed by atoms with van der Waals surface area (Å²) in [6, 6.07) is 2.75. The van der Waals surface area contributed by atoms with Crippen LogP contribution in [0.1, 0.15) is 37.7 Å². The number of hydrogen-bond donors (Lipinski definition) is 9. The molecule has 14 heteroatoms. The van der Waals surface area contributed by atoms with Crippen LogP contribution in [-0.4, -0.2) is 77.6 Å². The van der Waals surface area contributed by atoms with E-state index in [-0.39, 0.29) is 24.6 Å². The zero-order valence-corrected chi connectivity index (χ0v) is 20.7. The van der Waals surface area contributed by atoms with Crippen molar-refractivity contribution >= 4 is 29.7 Å². The third-order valence-electron chi connectivity index (χ3n) is 5.32. The molecule has 14 nitrogen and oxygen atoms in total. The standard InChI is InChI=1S/C23H38N8O6/c24-10-2-1-5-17(21(35)31-18(22(36)37)12-14-6-8-15(32)9-7-14)30-19(33)13-29-20(34)16(25)4-3-11-28-23(26)27/h6-9,16-18,32H,1-5,10-13,24-25H2,(H,29,34)(H,30,33)(H,31,35)(H,36,37)(H4,26,27,28). The average molecular weight is 523 g/mol. The molecule has 0 aliphatic heterocycles. The number of amides is 3. The van der Waals surface area contributed by atoms with E-state index in [1.165, 1.54) is 12.1 Å². The number of guanidine groups is 1. The van der Waals surface area contributed by atoms with Gasteiger partial charge in [-0.25, -0.2) is 4.79 Å². The highest BCUT2D eigenvalue weighted by molar-refractivity contribution is 5.92. The molecule has 0 radical (unpaired) electrons. The van der Waals surface area contributed by atoms with Crippen molar-refractivity contribution in [2.75, 3.05) is 19.6 Å². The predicted molar refractivity (Wildman–Crippen MR) is 137 cm³/mol. The Kier molecular flexibility index (Phi) is 14.1. The van der Waals surface area contributed by atoms with E-state index in [4.69, 9.17) is 22.9 Å². The van der Waals surface area contributed by atoms with E-state index in [0.717, 1.165) is 0 Å². The molecular weight excluding hydrogens is 484 g/mol. The van der Waals surface area contributed by atoms with E-state index in [1.54, 1.807) is 12.1 Å². The highest BCUT2D eigenvalue weighted by Crippen LogP contribution is 2.12. The van der Waals surface area contributed by atoms with Crippen molar-refractivity contribution in [3.8, 4) is 5.75 Å². The first-order valence-corrected chi connectivity index (χ1v) is 11.9. The third kappa shape index (κ3) is 13.1. The molecule has 0 saturated carbocycles. The van der Waals surface area contributed by atoms with Crippen molar-refractivity contribution in [1.82, 2.24) is 16.0 Å². The number of hydrogen-bond acceptors (Lipinski definition) is 8. The first kappa shape index (κ1) is 31.1. The van der Waals surface area contributed by atoms with Crippen LogP contribution in [0.2, 0.25) is 0 Å². The van der Waals surface area contributed by atoms with E-state index in [9.17, 15) is 29.4 Å². The Morgan fingerprint density at radius 2 is 1.59 bits per heavy atom. The number of carboxylic acids is 1. The molecule has 206 valence electrons. The normalized spacial score (nSPS) is 13.0. The molecular formula is C23H38N8O6. The molecule has 0 spiro atoms. The van der Waals surface area contributed by atoms with Crippen LogP contribution >= 0.6 is 0 Å². The summed E-state index contributed by atoms with van der Waals surface area (Å²) in [7, 11) is 0. The first-order valence-electron chi connectivity index (χ1n) is 11.9. The second-order valence-corrected chi connectivity index (χ2v) is 8.45. The maximum Gasteiger partial charge on any atom is 0.326 e. The van der Waals surface area contributed by atoms with Crippen LogP contribution in [-0.2, 0) is 25.6 Å². The fourth-order valence-corrected chi connectivity index (χ4v) is 3.30. The van der Waals surface area contributed by atoms with Gasteiger partial charge in [-0.2, -0.15) is 0 Å². The quantitative estimate of drug-likeness (QED) is 0.0595. The lowest BCUT2D eigenvalue weighted by Crippen LogP contribution is -2.54. The maximum absolute atomic E-state index is 12.9. The lowest BCUT2D eigenvalue weighted by Gasteiger charge is -2.22. The topological polar surface area (TPSA) is 261 Å². The number of aliphatic imine (C=N–C) groups is 1. The van der Waals surface area contributed by atoms with Gasteiger partial charge in [0.05, 0.1) is 12.6 Å². The fourth-order valence-electron chi connectivity index (χ4n) is 3.30. The number of nitrogens with two attached hydrogens (primary N) is 4. The second kappa shape index (κ2) is 16.7. The number of nitrogens with zero attached hydrogens (tertiary/aromatic N) is 1. The molecule has 0 saturated heterocycles. The first-order chi connectivity index (χ1) is 17.5. The summed E-state index contributed by atoms with van der Waals surface area (Å²) in [5.74, 6) is -3.16. The van der Waals surface area contributed by atoms with E-state index in [0.29, 0.717) is 44.3 Å².